The molecule has 0 N–H and O–H groups in total. The van der Waals surface area contributed by atoms with Crippen LogP contribution in [0.5, 0.6) is 0 Å². The number of esters is 1. The summed E-state index contributed by atoms with van der Waals surface area (Å²) in [5, 5.41) is 0. The molecule has 20 heavy (non-hydrogen) atoms. The van der Waals surface area contributed by atoms with Gasteiger partial charge in [0.25, 0.3) is 0 Å². The predicted octanol–water partition coefficient (Wildman–Crippen LogP) is 2.08. The van der Waals surface area contributed by atoms with Crippen molar-refractivity contribution in [1.82, 2.24) is 4.90 Å². The van der Waals surface area contributed by atoms with E-state index in [1.165, 1.54) is 18.1 Å². The van der Waals surface area contributed by atoms with Crippen LogP contribution in [0, 0.1) is 11.6 Å². The lowest BCUT2D eigenvalue weighted by Gasteiger charge is -2.16. The van der Waals surface area contributed by atoms with Gasteiger partial charge in [-0.05, 0) is 18.2 Å². The van der Waals surface area contributed by atoms with Gasteiger partial charge >= 0.3 is 5.97 Å². The number of hydrogen-bond donors (Lipinski definition) is 0. The van der Waals surface area contributed by atoms with Crippen molar-refractivity contribution >= 4 is 23.6 Å². The van der Waals surface area contributed by atoms with Crippen LogP contribution in [0.1, 0.15) is 6.42 Å². The number of methoxy groups -OCH3 is 1. The maximum atomic E-state index is 13.0. The van der Waals surface area contributed by atoms with Crippen LogP contribution in [0.4, 0.5) is 8.78 Å². The van der Waals surface area contributed by atoms with Crippen LogP contribution in [0.3, 0.4) is 0 Å². The Bertz CT molecular complexity index is 497. The van der Waals surface area contributed by atoms with E-state index in [-0.39, 0.29) is 24.6 Å². The van der Waals surface area contributed by atoms with Crippen molar-refractivity contribution < 1.29 is 23.1 Å². The highest BCUT2D eigenvalue weighted by Gasteiger charge is 2.12. The molecule has 0 aliphatic heterocycles. The summed E-state index contributed by atoms with van der Waals surface area (Å²) in [6.07, 6.45) is 0.120. The van der Waals surface area contributed by atoms with Crippen molar-refractivity contribution in [3.8, 4) is 0 Å². The van der Waals surface area contributed by atoms with Crippen molar-refractivity contribution in [2.24, 2.45) is 0 Å². The van der Waals surface area contributed by atoms with Gasteiger partial charge in [0.15, 0.2) is 11.6 Å². The second kappa shape index (κ2) is 7.84. The Kier molecular flexibility index (Phi) is 6.44. The van der Waals surface area contributed by atoms with Crippen LogP contribution in [0.25, 0.3) is 0 Å². The molecule has 0 unspecified atom stereocenters. The molecule has 0 aromatic heterocycles. The second-order valence-electron chi connectivity index (χ2n) is 4.01. The second-order valence-corrected chi connectivity index (χ2v) is 5.05. The van der Waals surface area contributed by atoms with Crippen LogP contribution in [0.2, 0.25) is 0 Å². The van der Waals surface area contributed by atoms with Gasteiger partial charge < -0.3 is 9.64 Å². The molecule has 1 rings (SSSR count). The molecule has 0 spiro atoms. The Labute approximate surface area is 120 Å². The summed E-state index contributed by atoms with van der Waals surface area (Å²) in [6, 6.07) is 3.47. The first-order valence-corrected chi connectivity index (χ1v) is 6.81. The van der Waals surface area contributed by atoms with Crippen molar-refractivity contribution in [3.05, 3.63) is 29.8 Å². The Morgan fingerprint density at radius 1 is 1.30 bits per heavy atom. The molecule has 0 aliphatic rings. The van der Waals surface area contributed by atoms with Crippen LogP contribution in [-0.2, 0) is 14.3 Å². The molecule has 0 radical (unpaired) electrons. The Hall–Kier alpha value is -1.63. The van der Waals surface area contributed by atoms with E-state index in [4.69, 9.17) is 0 Å². The molecule has 0 heterocycles. The summed E-state index contributed by atoms with van der Waals surface area (Å²) in [7, 11) is 2.85. The summed E-state index contributed by atoms with van der Waals surface area (Å²) >= 11 is 1.11. The summed E-state index contributed by atoms with van der Waals surface area (Å²) in [4.78, 5) is 24.6. The van der Waals surface area contributed by atoms with Crippen LogP contribution >= 0.6 is 11.8 Å². The van der Waals surface area contributed by atoms with Gasteiger partial charge in [0.2, 0.25) is 5.91 Å². The third kappa shape index (κ3) is 5.16. The molecule has 0 aliphatic carbocycles. The van der Waals surface area contributed by atoms with Crippen molar-refractivity contribution in [3.63, 3.8) is 0 Å². The lowest BCUT2D eigenvalue weighted by Crippen LogP contribution is -2.30. The van der Waals surface area contributed by atoms with E-state index in [0.29, 0.717) is 4.90 Å². The van der Waals surface area contributed by atoms with E-state index in [2.05, 4.69) is 4.74 Å². The maximum absolute atomic E-state index is 13.0. The summed E-state index contributed by atoms with van der Waals surface area (Å²) in [6.45, 7) is 0.254. The highest BCUT2D eigenvalue weighted by atomic mass is 32.2. The zero-order chi connectivity index (χ0) is 15.1. The average Bonchev–Trinajstić information content (AvgIpc) is 2.45. The minimum atomic E-state index is -0.943. The summed E-state index contributed by atoms with van der Waals surface area (Å²) in [5.74, 6) is -2.37. The van der Waals surface area contributed by atoms with Crippen LogP contribution in [0.15, 0.2) is 23.1 Å². The third-order valence-corrected chi connectivity index (χ3v) is 3.54. The van der Waals surface area contributed by atoms with Gasteiger partial charge in [-0.15, -0.1) is 11.8 Å². The van der Waals surface area contributed by atoms with E-state index >= 15 is 0 Å². The van der Waals surface area contributed by atoms with E-state index in [9.17, 15) is 18.4 Å². The van der Waals surface area contributed by atoms with Gasteiger partial charge in [-0.2, -0.15) is 0 Å². The quantitative estimate of drug-likeness (QED) is 0.596. The number of nitrogens with zero attached hydrogens (tertiary/aromatic N) is 1. The van der Waals surface area contributed by atoms with E-state index < -0.39 is 17.6 Å². The molecule has 0 atom stereocenters. The number of amides is 1. The van der Waals surface area contributed by atoms with Crippen molar-refractivity contribution in [1.29, 1.82) is 0 Å². The zero-order valence-electron chi connectivity index (χ0n) is 11.2. The fourth-order valence-corrected chi connectivity index (χ4v) is 2.17. The molecule has 1 amide bonds. The number of rotatable bonds is 6. The molecule has 0 fully saturated rings. The average molecular weight is 303 g/mol. The molecule has 4 nitrogen and oxygen atoms in total. The number of benzene rings is 1. The number of carbonyl (C=O) groups excluding carboxylic acids is 2. The fourth-order valence-electron chi connectivity index (χ4n) is 1.31. The van der Waals surface area contributed by atoms with Gasteiger partial charge in [0.1, 0.15) is 0 Å². The highest BCUT2D eigenvalue weighted by molar-refractivity contribution is 8.00. The minimum absolute atomic E-state index is 0.0861. The maximum Gasteiger partial charge on any atom is 0.307 e. The summed E-state index contributed by atoms with van der Waals surface area (Å²) in [5.41, 5.74) is 0. The first-order valence-electron chi connectivity index (χ1n) is 5.82. The highest BCUT2D eigenvalue weighted by Crippen LogP contribution is 2.20. The number of ether oxygens (including phenoxy) is 1. The molecule has 0 saturated carbocycles. The van der Waals surface area contributed by atoms with E-state index in [1.54, 1.807) is 7.05 Å². The van der Waals surface area contributed by atoms with Gasteiger partial charge in [-0.1, -0.05) is 0 Å². The minimum Gasteiger partial charge on any atom is -0.469 e. The lowest BCUT2D eigenvalue weighted by molar-refractivity contribution is -0.141. The number of hydrogen-bond acceptors (Lipinski definition) is 4. The lowest BCUT2D eigenvalue weighted by atomic mass is 10.3. The molecular formula is C13H15F2NO3S. The van der Waals surface area contributed by atoms with Gasteiger partial charge in [-0.25, -0.2) is 8.78 Å². The largest absolute Gasteiger partial charge is 0.469 e. The topological polar surface area (TPSA) is 46.6 Å². The first-order chi connectivity index (χ1) is 9.43. The summed E-state index contributed by atoms with van der Waals surface area (Å²) < 4.78 is 30.2. The zero-order valence-corrected chi connectivity index (χ0v) is 12.0. The Balaban J connectivity index is 2.42. The Morgan fingerprint density at radius 3 is 2.60 bits per heavy atom. The van der Waals surface area contributed by atoms with Gasteiger partial charge in [-0.3, -0.25) is 9.59 Å². The van der Waals surface area contributed by atoms with Crippen molar-refractivity contribution in [2.75, 3.05) is 26.5 Å². The third-order valence-electron chi connectivity index (χ3n) is 2.56. The normalized spacial score (nSPS) is 10.2. The molecule has 1 aromatic rings. The van der Waals surface area contributed by atoms with E-state index in [1.807, 2.05) is 0 Å². The molecule has 1 aromatic carbocycles. The van der Waals surface area contributed by atoms with Gasteiger partial charge in [0.05, 0.1) is 19.3 Å². The molecule has 0 saturated heterocycles. The fraction of sp³-hybridized carbons (Fsp3) is 0.385. The first kappa shape index (κ1) is 16.4. The SMILES string of the molecule is COC(=O)CCN(C)C(=O)CSc1ccc(F)c(F)c1. The predicted molar refractivity (Wildman–Crippen MR) is 71.4 cm³/mol. The molecular weight excluding hydrogens is 288 g/mol. The van der Waals surface area contributed by atoms with E-state index in [0.717, 1.165) is 23.9 Å². The molecule has 7 heteroatoms. The molecule has 110 valence electrons. The standard InChI is InChI=1S/C13H15F2NO3S/c1-16(6-5-13(18)19-2)12(17)8-20-9-3-4-10(14)11(15)7-9/h3-4,7H,5-6,8H2,1-2H3. The molecule has 0 bridgehead atoms. The van der Waals surface area contributed by atoms with Crippen molar-refractivity contribution in [2.45, 2.75) is 11.3 Å². The Morgan fingerprint density at radius 2 is 2.00 bits per heavy atom. The van der Waals surface area contributed by atoms with Crippen LogP contribution in [-0.4, -0.2) is 43.2 Å². The number of thioether (sulfide) groups is 1. The smallest absolute Gasteiger partial charge is 0.307 e. The number of halogens is 2. The number of carbonyl (C=O) groups is 2. The van der Waals surface area contributed by atoms with Crippen LogP contribution < -0.4 is 0 Å². The van der Waals surface area contributed by atoms with Gasteiger partial charge in [0, 0.05) is 18.5 Å². The monoisotopic (exact) mass is 303 g/mol.